The Morgan fingerprint density at radius 1 is 0.923 bits per heavy atom. The third-order valence-electron chi connectivity index (χ3n) is 3.72. The molecule has 2 N–H and O–H groups in total. The number of amides is 1. The van der Waals surface area contributed by atoms with Crippen LogP contribution in [0.15, 0.2) is 59.5 Å². The molecule has 0 bridgehead atoms. The first kappa shape index (κ1) is 22.2. The fourth-order valence-corrected chi connectivity index (χ4v) is 3.84. The van der Waals surface area contributed by atoms with Gasteiger partial charge in [0.1, 0.15) is 0 Å². The third kappa shape index (κ3) is 6.44. The first-order valence-electron chi connectivity index (χ1n) is 8.39. The van der Waals surface area contributed by atoms with E-state index < -0.39 is 9.84 Å². The van der Waals surface area contributed by atoms with E-state index in [1.807, 2.05) is 0 Å². The first-order valence-corrected chi connectivity index (χ1v) is 10.0. The van der Waals surface area contributed by atoms with E-state index in [0.717, 1.165) is 13.0 Å². The van der Waals surface area contributed by atoms with E-state index >= 15 is 0 Å². The Morgan fingerprint density at radius 2 is 1.58 bits per heavy atom. The minimum absolute atomic E-state index is 0. The molecule has 0 atom stereocenters. The predicted molar refractivity (Wildman–Crippen MR) is 107 cm³/mol. The van der Waals surface area contributed by atoms with E-state index in [4.69, 9.17) is 0 Å². The van der Waals surface area contributed by atoms with Crippen LogP contribution in [-0.4, -0.2) is 34.0 Å². The summed E-state index contributed by atoms with van der Waals surface area (Å²) in [6.45, 7) is 4.17. The van der Waals surface area contributed by atoms with Crippen molar-refractivity contribution in [2.75, 3.05) is 19.6 Å². The van der Waals surface area contributed by atoms with Crippen molar-refractivity contribution in [2.24, 2.45) is 0 Å². The average Bonchev–Trinajstić information content (AvgIpc) is 2.62. The van der Waals surface area contributed by atoms with Crippen molar-refractivity contribution < 1.29 is 13.2 Å². The fourth-order valence-electron chi connectivity index (χ4n) is 2.44. The Morgan fingerprint density at radius 3 is 2.27 bits per heavy atom. The lowest BCUT2D eigenvalue weighted by Crippen LogP contribution is -2.32. The van der Waals surface area contributed by atoms with E-state index in [9.17, 15) is 13.2 Å². The molecule has 1 amide bonds. The number of hydrogen-bond acceptors (Lipinski definition) is 4. The van der Waals surface area contributed by atoms with E-state index in [0.29, 0.717) is 24.2 Å². The average molecular weight is 397 g/mol. The maximum absolute atomic E-state index is 12.6. The summed E-state index contributed by atoms with van der Waals surface area (Å²) >= 11 is 0. The zero-order chi connectivity index (χ0) is 18.1. The summed E-state index contributed by atoms with van der Waals surface area (Å²) in [7, 11) is -3.49. The van der Waals surface area contributed by atoms with Gasteiger partial charge in [0.2, 0.25) is 0 Å². The summed E-state index contributed by atoms with van der Waals surface area (Å²) in [4.78, 5) is 12.6. The zero-order valence-corrected chi connectivity index (χ0v) is 16.4. The highest BCUT2D eigenvalue weighted by molar-refractivity contribution is 7.90. The highest BCUT2D eigenvalue weighted by Gasteiger charge is 2.19. The van der Waals surface area contributed by atoms with Gasteiger partial charge in [-0.1, -0.05) is 43.3 Å². The molecule has 2 aromatic carbocycles. The summed E-state index contributed by atoms with van der Waals surface area (Å²) in [6.07, 6.45) is 1.04. The second kappa shape index (κ2) is 11.0. The number of carbonyl (C=O) groups excluding carboxylic acids is 1. The van der Waals surface area contributed by atoms with Crippen LogP contribution in [0.1, 0.15) is 29.3 Å². The maximum Gasteiger partial charge on any atom is 0.251 e. The van der Waals surface area contributed by atoms with Crippen molar-refractivity contribution in [2.45, 2.75) is 24.0 Å². The van der Waals surface area contributed by atoms with Gasteiger partial charge < -0.3 is 10.6 Å². The van der Waals surface area contributed by atoms with Crippen molar-refractivity contribution in [1.29, 1.82) is 0 Å². The van der Waals surface area contributed by atoms with Crippen molar-refractivity contribution >= 4 is 28.2 Å². The van der Waals surface area contributed by atoms with Crippen LogP contribution >= 0.6 is 12.4 Å². The van der Waals surface area contributed by atoms with Crippen molar-refractivity contribution in [3.63, 3.8) is 0 Å². The van der Waals surface area contributed by atoms with Gasteiger partial charge in [-0.25, -0.2) is 8.42 Å². The van der Waals surface area contributed by atoms with Crippen LogP contribution in [0.3, 0.4) is 0 Å². The van der Waals surface area contributed by atoms with Crippen molar-refractivity contribution in [1.82, 2.24) is 10.6 Å². The summed E-state index contributed by atoms with van der Waals surface area (Å²) in [5.74, 6) is -0.452. The number of halogens is 1. The molecule has 0 unspecified atom stereocenters. The second-order valence-electron chi connectivity index (χ2n) is 5.74. The molecule has 0 aliphatic rings. The van der Waals surface area contributed by atoms with E-state index in [1.54, 1.807) is 54.6 Å². The molecule has 2 rings (SSSR count). The molecule has 0 radical (unpaired) electrons. The Hall–Kier alpha value is -1.89. The Labute approximate surface area is 161 Å². The molecular weight excluding hydrogens is 372 g/mol. The summed E-state index contributed by atoms with van der Waals surface area (Å²) in [6, 6.07) is 15.1. The Kier molecular flexibility index (Phi) is 9.34. The molecule has 26 heavy (non-hydrogen) atoms. The van der Waals surface area contributed by atoms with Gasteiger partial charge in [-0.05, 0) is 36.7 Å². The lowest BCUT2D eigenvalue weighted by molar-refractivity contribution is 0.0953. The number of carbonyl (C=O) groups is 1. The fraction of sp³-hybridized carbons (Fsp3) is 0.316. The number of nitrogens with one attached hydrogen (secondary N) is 2. The summed E-state index contributed by atoms with van der Waals surface area (Å²) < 4.78 is 25.1. The van der Waals surface area contributed by atoms with Gasteiger partial charge in [0.15, 0.2) is 9.84 Å². The smallest absolute Gasteiger partial charge is 0.251 e. The molecule has 0 fully saturated rings. The highest BCUT2D eigenvalue weighted by Crippen LogP contribution is 2.18. The van der Waals surface area contributed by atoms with Crippen molar-refractivity contribution in [3.8, 4) is 0 Å². The largest absolute Gasteiger partial charge is 0.351 e. The van der Waals surface area contributed by atoms with Crippen LogP contribution in [0.5, 0.6) is 0 Å². The molecule has 0 saturated carbocycles. The molecule has 0 aromatic heterocycles. The van der Waals surface area contributed by atoms with Gasteiger partial charge in [0.25, 0.3) is 5.91 Å². The molecule has 2 aromatic rings. The Balaban J connectivity index is 0.00000338. The first-order chi connectivity index (χ1) is 12.0. The van der Waals surface area contributed by atoms with Gasteiger partial charge >= 0.3 is 0 Å². The van der Waals surface area contributed by atoms with Crippen LogP contribution < -0.4 is 10.6 Å². The molecule has 0 aliphatic carbocycles. The van der Waals surface area contributed by atoms with E-state index in [1.165, 1.54) is 0 Å². The van der Waals surface area contributed by atoms with Crippen molar-refractivity contribution in [3.05, 3.63) is 65.7 Å². The minimum Gasteiger partial charge on any atom is -0.351 e. The van der Waals surface area contributed by atoms with Crippen LogP contribution in [0, 0.1) is 0 Å². The van der Waals surface area contributed by atoms with Crippen LogP contribution in [0.25, 0.3) is 0 Å². The number of hydrogen-bond donors (Lipinski definition) is 2. The van der Waals surface area contributed by atoms with Gasteiger partial charge in [-0.15, -0.1) is 12.4 Å². The SMILES string of the molecule is CCCNCCNC(=O)c1ccccc1CS(=O)(=O)c1ccccc1.Cl. The molecule has 0 spiro atoms. The van der Waals surface area contributed by atoms with Gasteiger partial charge in [0, 0.05) is 18.7 Å². The summed E-state index contributed by atoms with van der Waals surface area (Å²) in [5.41, 5.74) is 0.905. The van der Waals surface area contributed by atoms with E-state index in [-0.39, 0.29) is 29.0 Å². The minimum atomic E-state index is -3.49. The molecule has 142 valence electrons. The third-order valence-corrected chi connectivity index (χ3v) is 5.41. The number of sulfone groups is 1. The molecule has 7 heteroatoms. The van der Waals surface area contributed by atoms with E-state index in [2.05, 4.69) is 17.6 Å². The predicted octanol–water partition coefficient (Wildman–Crippen LogP) is 2.81. The van der Waals surface area contributed by atoms with Gasteiger partial charge in [-0.3, -0.25) is 4.79 Å². The molecule has 5 nitrogen and oxygen atoms in total. The zero-order valence-electron chi connectivity index (χ0n) is 14.8. The number of rotatable bonds is 9. The highest BCUT2D eigenvalue weighted by atomic mass is 35.5. The number of benzene rings is 2. The van der Waals surface area contributed by atoms with Crippen LogP contribution in [0.2, 0.25) is 0 Å². The Bertz CT molecular complexity index is 795. The van der Waals surface area contributed by atoms with Gasteiger partial charge in [-0.2, -0.15) is 0 Å². The topological polar surface area (TPSA) is 75.3 Å². The second-order valence-corrected chi connectivity index (χ2v) is 7.72. The molecule has 0 saturated heterocycles. The lowest BCUT2D eigenvalue weighted by atomic mass is 10.1. The van der Waals surface area contributed by atoms with Gasteiger partial charge in [0.05, 0.1) is 10.6 Å². The molecular formula is C19H25ClN2O3S. The molecule has 0 heterocycles. The quantitative estimate of drug-likeness (QED) is 0.639. The maximum atomic E-state index is 12.6. The summed E-state index contributed by atoms with van der Waals surface area (Å²) in [5, 5.41) is 6.03. The van der Waals surface area contributed by atoms with Crippen LogP contribution in [0.4, 0.5) is 0 Å². The molecule has 0 aliphatic heterocycles. The monoisotopic (exact) mass is 396 g/mol. The van der Waals surface area contributed by atoms with Crippen LogP contribution in [-0.2, 0) is 15.6 Å². The lowest BCUT2D eigenvalue weighted by Gasteiger charge is -2.11. The normalized spacial score (nSPS) is 10.8. The standard InChI is InChI=1S/C19H24N2O3S.ClH/c1-2-12-20-13-14-21-19(22)18-11-7-6-8-16(18)15-25(23,24)17-9-4-3-5-10-17;/h3-11,20H,2,12-15H2,1H3,(H,21,22);1H.